The molecule has 0 bridgehead atoms. The van der Waals surface area contributed by atoms with Crippen LogP contribution in [0.4, 0.5) is 0 Å². The van der Waals surface area contributed by atoms with Gasteiger partial charge in [-0.25, -0.2) is 0 Å². The lowest BCUT2D eigenvalue weighted by Crippen LogP contribution is -2.38. The van der Waals surface area contributed by atoms with Gasteiger partial charge in [-0.3, -0.25) is 4.79 Å². The van der Waals surface area contributed by atoms with E-state index in [1.54, 1.807) is 32.2 Å². The lowest BCUT2D eigenvalue weighted by atomic mass is 10.1. The molecule has 0 saturated carbocycles. The first kappa shape index (κ1) is 17.1. The van der Waals surface area contributed by atoms with Crippen molar-refractivity contribution in [1.29, 1.82) is 0 Å². The van der Waals surface area contributed by atoms with Crippen LogP contribution in [0.25, 0.3) is 0 Å². The second kappa shape index (κ2) is 8.92. The van der Waals surface area contributed by atoms with Gasteiger partial charge in [0.2, 0.25) is 5.91 Å². The van der Waals surface area contributed by atoms with E-state index in [4.69, 9.17) is 0 Å². The fourth-order valence-electron chi connectivity index (χ4n) is 0.903. The van der Waals surface area contributed by atoms with Crippen molar-refractivity contribution in [1.82, 2.24) is 4.90 Å². The van der Waals surface area contributed by atoms with Crippen molar-refractivity contribution in [3.8, 4) is 0 Å². The summed E-state index contributed by atoms with van der Waals surface area (Å²) in [5, 5.41) is 9.54. The molecule has 0 saturated heterocycles. The Morgan fingerprint density at radius 3 is 2.19 bits per heavy atom. The van der Waals surface area contributed by atoms with Gasteiger partial charge in [0, 0.05) is 6.20 Å². The quantitative estimate of drug-likeness (QED) is 0.577. The zero-order valence-electron chi connectivity index (χ0n) is 10.7. The van der Waals surface area contributed by atoms with E-state index in [1.165, 1.54) is 11.0 Å². The zero-order valence-corrected chi connectivity index (χ0v) is 10.7. The molecule has 0 fully saturated rings. The van der Waals surface area contributed by atoms with Crippen LogP contribution in [0, 0.1) is 0 Å². The molecule has 0 aromatic rings. The molecule has 0 radical (unpaired) electrons. The Balaban J connectivity index is 0. The van der Waals surface area contributed by atoms with Gasteiger partial charge in [-0.1, -0.05) is 33.1 Å². The summed E-state index contributed by atoms with van der Waals surface area (Å²) >= 11 is 0. The molecule has 3 heteroatoms. The van der Waals surface area contributed by atoms with Gasteiger partial charge in [-0.05, 0) is 26.0 Å². The molecule has 1 amide bonds. The van der Waals surface area contributed by atoms with E-state index in [-0.39, 0.29) is 12.5 Å². The molecule has 0 aliphatic rings. The third-order valence-electron chi connectivity index (χ3n) is 1.42. The Kier molecular flexibility index (Phi) is 9.51. The molecule has 0 aromatic heterocycles. The first-order chi connectivity index (χ1) is 7.40. The maximum absolute atomic E-state index is 11.3. The normalized spacial score (nSPS) is 10.3. The minimum absolute atomic E-state index is 0.224. The average molecular weight is 225 g/mol. The number of carbonyl (C=O) groups is 1. The van der Waals surface area contributed by atoms with Crippen LogP contribution in [0.2, 0.25) is 0 Å². The van der Waals surface area contributed by atoms with E-state index in [1.807, 2.05) is 13.8 Å². The summed E-state index contributed by atoms with van der Waals surface area (Å²) < 4.78 is 0. The number of nitrogens with zero attached hydrogens (tertiary/aromatic N) is 1. The molecule has 3 nitrogen and oxygen atoms in total. The number of carbonyl (C=O) groups excluding carboxylic acids is 1. The van der Waals surface area contributed by atoms with Crippen molar-refractivity contribution in [3.63, 3.8) is 0 Å². The van der Waals surface area contributed by atoms with Gasteiger partial charge in [0.15, 0.2) is 0 Å². The van der Waals surface area contributed by atoms with Crippen LogP contribution in [0.1, 0.15) is 27.7 Å². The van der Waals surface area contributed by atoms with Crippen molar-refractivity contribution in [2.24, 2.45) is 0 Å². The molecule has 0 unspecified atom stereocenters. The van der Waals surface area contributed by atoms with E-state index >= 15 is 0 Å². The molecule has 0 rings (SSSR count). The molecular formula is C13H23NO2. The Labute approximate surface area is 98.8 Å². The molecule has 0 atom stereocenters. The number of aliphatic hydroxyl groups is 1. The Bertz CT molecular complexity index is 249. The SMILES string of the molecule is C=C/C=C\N(CC(C)(C)O)C(=O)C=C.CC. The number of rotatable bonds is 5. The van der Waals surface area contributed by atoms with Crippen molar-refractivity contribution in [2.75, 3.05) is 6.54 Å². The van der Waals surface area contributed by atoms with E-state index in [0.29, 0.717) is 0 Å². The van der Waals surface area contributed by atoms with Gasteiger partial charge >= 0.3 is 0 Å². The molecule has 92 valence electrons. The first-order valence-electron chi connectivity index (χ1n) is 5.35. The number of hydrogen-bond acceptors (Lipinski definition) is 2. The second-order valence-corrected chi connectivity index (χ2v) is 3.56. The van der Waals surface area contributed by atoms with Crippen LogP contribution in [-0.4, -0.2) is 28.1 Å². The predicted molar refractivity (Wildman–Crippen MR) is 68.9 cm³/mol. The molecule has 0 aliphatic carbocycles. The van der Waals surface area contributed by atoms with Gasteiger partial charge < -0.3 is 10.0 Å². The van der Waals surface area contributed by atoms with Crippen molar-refractivity contribution in [2.45, 2.75) is 33.3 Å². The highest BCUT2D eigenvalue weighted by molar-refractivity contribution is 5.87. The molecule has 0 spiro atoms. The van der Waals surface area contributed by atoms with Crippen LogP contribution < -0.4 is 0 Å². The predicted octanol–water partition coefficient (Wildman–Crippen LogP) is 2.50. The fraction of sp³-hybridized carbons (Fsp3) is 0.462. The van der Waals surface area contributed by atoms with E-state index in [2.05, 4.69) is 13.2 Å². The fourth-order valence-corrected chi connectivity index (χ4v) is 0.903. The minimum atomic E-state index is -0.926. The molecule has 16 heavy (non-hydrogen) atoms. The maximum Gasteiger partial charge on any atom is 0.250 e. The van der Waals surface area contributed by atoms with E-state index < -0.39 is 5.60 Å². The highest BCUT2D eigenvalue weighted by Crippen LogP contribution is 2.06. The number of hydrogen-bond donors (Lipinski definition) is 1. The molecule has 0 heterocycles. The maximum atomic E-state index is 11.3. The van der Waals surface area contributed by atoms with Crippen molar-refractivity contribution in [3.05, 3.63) is 37.6 Å². The smallest absolute Gasteiger partial charge is 0.250 e. The molecule has 1 N–H and O–H groups in total. The number of allylic oxidation sites excluding steroid dienone is 2. The van der Waals surface area contributed by atoms with Crippen molar-refractivity contribution < 1.29 is 9.90 Å². The summed E-state index contributed by atoms with van der Waals surface area (Å²) in [4.78, 5) is 12.7. The Morgan fingerprint density at radius 1 is 1.38 bits per heavy atom. The summed E-state index contributed by atoms with van der Waals surface area (Å²) in [6.45, 7) is 14.4. The van der Waals surface area contributed by atoms with E-state index in [0.717, 1.165) is 0 Å². The van der Waals surface area contributed by atoms with Gasteiger partial charge in [-0.2, -0.15) is 0 Å². The van der Waals surface area contributed by atoms with Crippen LogP contribution >= 0.6 is 0 Å². The largest absolute Gasteiger partial charge is 0.389 e. The van der Waals surface area contributed by atoms with Crippen LogP contribution in [0.3, 0.4) is 0 Å². The summed E-state index contributed by atoms with van der Waals surface area (Å²) in [5.41, 5.74) is -0.926. The Hall–Kier alpha value is -1.35. The highest BCUT2D eigenvalue weighted by atomic mass is 16.3. The van der Waals surface area contributed by atoms with Crippen molar-refractivity contribution >= 4 is 5.91 Å². The monoisotopic (exact) mass is 225 g/mol. The van der Waals surface area contributed by atoms with Crippen LogP contribution in [0.15, 0.2) is 37.6 Å². The van der Waals surface area contributed by atoms with Crippen LogP contribution in [0.5, 0.6) is 0 Å². The molecular weight excluding hydrogens is 202 g/mol. The third-order valence-corrected chi connectivity index (χ3v) is 1.42. The lowest BCUT2D eigenvalue weighted by molar-refractivity contribution is -0.125. The topological polar surface area (TPSA) is 40.5 Å². The van der Waals surface area contributed by atoms with E-state index in [9.17, 15) is 9.90 Å². The Morgan fingerprint density at radius 2 is 1.88 bits per heavy atom. The zero-order chi connectivity index (χ0) is 13.2. The summed E-state index contributed by atoms with van der Waals surface area (Å²) in [5.74, 6) is -0.245. The summed E-state index contributed by atoms with van der Waals surface area (Å²) in [7, 11) is 0. The standard InChI is InChI=1S/C11H17NO2.C2H6/c1-5-7-8-12(10(13)6-2)9-11(3,4)14;1-2/h5-8,14H,1-2,9H2,3-4H3;1-2H3/b8-7-;. The first-order valence-corrected chi connectivity index (χ1v) is 5.35. The van der Waals surface area contributed by atoms with Gasteiger partial charge in [-0.15, -0.1) is 0 Å². The summed E-state index contributed by atoms with van der Waals surface area (Å²) in [6, 6.07) is 0. The highest BCUT2D eigenvalue weighted by Gasteiger charge is 2.18. The number of amides is 1. The van der Waals surface area contributed by atoms with Gasteiger partial charge in [0.05, 0.1) is 12.1 Å². The average Bonchev–Trinajstić information content (AvgIpc) is 2.24. The van der Waals surface area contributed by atoms with Crippen LogP contribution in [-0.2, 0) is 4.79 Å². The lowest BCUT2D eigenvalue weighted by Gasteiger charge is -2.25. The minimum Gasteiger partial charge on any atom is -0.389 e. The third kappa shape index (κ3) is 9.21. The van der Waals surface area contributed by atoms with Gasteiger partial charge in [0.1, 0.15) is 0 Å². The summed E-state index contributed by atoms with van der Waals surface area (Å²) in [6.07, 6.45) is 5.97. The molecule has 0 aliphatic heterocycles. The van der Waals surface area contributed by atoms with Gasteiger partial charge in [0.25, 0.3) is 0 Å². The molecule has 0 aromatic carbocycles. The second-order valence-electron chi connectivity index (χ2n) is 3.56.